The molecule has 7 heteroatoms. The standard InChI is InChI=1S/C15H25N5OS/c1-4-13-11-19(7-6-18(13)8-9-21-5-2)15-17-20-10-12(3)16-14(20)22-15/h10,13H,4-9,11H2,1-3H3. The molecule has 0 N–H and O–H groups in total. The van der Waals surface area contributed by atoms with Crippen molar-refractivity contribution >= 4 is 21.4 Å². The van der Waals surface area contributed by atoms with Crippen LogP contribution in [0.1, 0.15) is 26.0 Å². The molecule has 1 atom stereocenters. The number of nitrogens with zero attached hydrogens (tertiary/aromatic N) is 5. The summed E-state index contributed by atoms with van der Waals surface area (Å²) < 4.78 is 7.40. The van der Waals surface area contributed by atoms with Crippen molar-refractivity contribution in [3.05, 3.63) is 11.9 Å². The van der Waals surface area contributed by atoms with Crippen LogP contribution in [-0.2, 0) is 4.74 Å². The molecule has 0 spiro atoms. The van der Waals surface area contributed by atoms with E-state index < -0.39 is 0 Å². The highest BCUT2D eigenvalue weighted by molar-refractivity contribution is 7.20. The Balaban J connectivity index is 1.65. The summed E-state index contributed by atoms with van der Waals surface area (Å²) in [6, 6.07) is 0.576. The first kappa shape index (κ1) is 15.7. The number of aromatic nitrogens is 3. The van der Waals surface area contributed by atoms with Gasteiger partial charge in [-0.05, 0) is 20.3 Å². The van der Waals surface area contributed by atoms with Crippen molar-refractivity contribution in [3.8, 4) is 0 Å². The van der Waals surface area contributed by atoms with E-state index in [4.69, 9.17) is 4.74 Å². The highest BCUT2D eigenvalue weighted by Gasteiger charge is 2.27. The summed E-state index contributed by atoms with van der Waals surface area (Å²) in [4.78, 5) is 10.4. The topological polar surface area (TPSA) is 45.9 Å². The third-order valence-corrected chi connectivity index (χ3v) is 5.21. The van der Waals surface area contributed by atoms with Crippen LogP contribution in [0.25, 0.3) is 4.96 Å². The van der Waals surface area contributed by atoms with Gasteiger partial charge in [0.15, 0.2) is 0 Å². The van der Waals surface area contributed by atoms with E-state index in [-0.39, 0.29) is 0 Å². The van der Waals surface area contributed by atoms with Gasteiger partial charge in [-0.3, -0.25) is 4.90 Å². The first-order valence-electron chi connectivity index (χ1n) is 8.10. The van der Waals surface area contributed by atoms with Crippen LogP contribution in [0.5, 0.6) is 0 Å². The number of imidazole rings is 1. The van der Waals surface area contributed by atoms with Crippen LogP contribution >= 0.6 is 11.3 Å². The van der Waals surface area contributed by atoms with Crippen LogP contribution in [0.3, 0.4) is 0 Å². The molecule has 22 heavy (non-hydrogen) atoms. The van der Waals surface area contributed by atoms with Crippen molar-refractivity contribution in [2.45, 2.75) is 33.2 Å². The molecular formula is C15H25N5OS. The zero-order valence-corrected chi connectivity index (χ0v) is 14.5. The lowest BCUT2D eigenvalue weighted by Crippen LogP contribution is -2.53. The second-order valence-corrected chi connectivity index (χ2v) is 6.67. The zero-order valence-electron chi connectivity index (χ0n) is 13.7. The Bertz CT molecular complexity index is 579. The fraction of sp³-hybridized carbons (Fsp3) is 0.733. The van der Waals surface area contributed by atoms with Gasteiger partial charge < -0.3 is 9.64 Å². The first-order valence-corrected chi connectivity index (χ1v) is 8.92. The molecule has 0 bridgehead atoms. The SMILES string of the molecule is CCOCCN1CCN(c2nn3cc(C)nc3s2)CC1CC. The molecule has 2 aromatic rings. The molecule has 1 aliphatic heterocycles. The van der Waals surface area contributed by atoms with Crippen LogP contribution in [0.15, 0.2) is 6.20 Å². The predicted molar refractivity (Wildman–Crippen MR) is 90.0 cm³/mol. The minimum Gasteiger partial charge on any atom is -0.380 e. The zero-order chi connectivity index (χ0) is 15.5. The number of anilines is 1. The quantitative estimate of drug-likeness (QED) is 0.761. The smallest absolute Gasteiger partial charge is 0.214 e. The summed E-state index contributed by atoms with van der Waals surface area (Å²) in [5.41, 5.74) is 1.03. The van der Waals surface area contributed by atoms with Crippen molar-refractivity contribution in [2.24, 2.45) is 0 Å². The largest absolute Gasteiger partial charge is 0.380 e. The molecule has 1 saturated heterocycles. The Morgan fingerprint density at radius 3 is 2.95 bits per heavy atom. The van der Waals surface area contributed by atoms with E-state index in [1.54, 1.807) is 11.3 Å². The van der Waals surface area contributed by atoms with Gasteiger partial charge in [-0.1, -0.05) is 18.3 Å². The Hall–Kier alpha value is -1.18. The molecule has 3 rings (SSSR count). The van der Waals surface area contributed by atoms with Crippen LogP contribution in [-0.4, -0.2) is 64.9 Å². The number of ether oxygens (including phenoxy) is 1. The van der Waals surface area contributed by atoms with Crippen molar-refractivity contribution in [2.75, 3.05) is 44.3 Å². The van der Waals surface area contributed by atoms with Gasteiger partial charge in [-0.2, -0.15) is 0 Å². The molecule has 1 fully saturated rings. The third kappa shape index (κ3) is 3.26. The van der Waals surface area contributed by atoms with Gasteiger partial charge in [0.2, 0.25) is 10.1 Å². The Kier molecular flexibility index (Phi) is 4.95. The average Bonchev–Trinajstić information content (AvgIpc) is 3.05. The third-order valence-electron chi connectivity index (χ3n) is 4.23. The number of piperazine rings is 1. The van der Waals surface area contributed by atoms with E-state index in [0.29, 0.717) is 6.04 Å². The second kappa shape index (κ2) is 6.93. The van der Waals surface area contributed by atoms with E-state index in [1.165, 1.54) is 0 Å². The molecular weight excluding hydrogens is 298 g/mol. The maximum atomic E-state index is 5.50. The van der Waals surface area contributed by atoms with Crippen molar-refractivity contribution < 1.29 is 4.74 Å². The highest BCUT2D eigenvalue weighted by atomic mass is 32.1. The van der Waals surface area contributed by atoms with E-state index in [0.717, 1.165) is 61.6 Å². The highest BCUT2D eigenvalue weighted by Crippen LogP contribution is 2.26. The number of rotatable bonds is 6. The molecule has 6 nitrogen and oxygen atoms in total. The molecule has 0 amide bonds. The molecule has 0 radical (unpaired) electrons. The van der Waals surface area contributed by atoms with Gasteiger partial charge in [0, 0.05) is 38.8 Å². The Morgan fingerprint density at radius 2 is 2.23 bits per heavy atom. The number of hydrogen-bond donors (Lipinski definition) is 0. The molecule has 122 valence electrons. The first-order chi connectivity index (χ1) is 10.7. The van der Waals surface area contributed by atoms with E-state index in [2.05, 4.69) is 33.7 Å². The van der Waals surface area contributed by atoms with Gasteiger partial charge in [0.05, 0.1) is 18.5 Å². The van der Waals surface area contributed by atoms with Gasteiger partial charge in [0.25, 0.3) is 0 Å². The lowest BCUT2D eigenvalue weighted by atomic mass is 10.1. The Labute approximate surface area is 135 Å². The summed E-state index contributed by atoms with van der Waals surface area (Å²) in [6.45, 7) is 12.1. The average molecular weight is 323 g/mol. The minimum absolute atomic E-state index is 0.576. The van der Waals surface area contributed by atoms with Crippen molar-refractivity contribution in [1.82, 2.24) is 19.5 Å². The fourth-order valence-electron chi connectivity index (χ4n) is 3.00. The van der Waals surface area contributed by atoms with Gasteiger partial charge in [-0.15, -0.1) is 5.10 Å². The van der Waals surface area contributed by atoms with Crippen LogP contribution in [0.4, 0.5) is 5.13 Å². The summed E-state index contributed by atoms with van der Waals surface area (Å²) in [6.07, 6.45) is 3.15. The van der Waals surface area contributed by atoms with Crippen molar-refractivity contribution in [3.63, 3.8) is 0 Å². The number of aryl methyl sites for hydroxylation is 1. The predicted octanol–water partition coefficient (Wildman–Crippen LogP) is 2.04. The summed E-state index contributed by atoms with van der Waals surface area (Å²) >= 11 is 1.68. The molecule has 3 heterocycles. The molecule has 2 aromatic heterocycles. The summed E-state index contributed by atoms with van der Waals surface area (Å²) in [5.74, 6) is 0. The number of hydrogen-bond acceptors (Lipinski definition) is 6. The molecule has 0 aliphatic carbocycles. The number of fused-ring (bicyclic) bond motifs is 1. The van der Waals surface area contributed by atoms with Crippen LogP contribution in [0.2, 0.25) is 0 Å². The van der Waals surface area contributed by atoms with E-state index in [1.807, 2.05) is 17.6 Å². The summed E-state index contributed by atoms with van der Waals surface area (Å²) in [5, 5.41) is 5.77. The normalized spacial score (nSPS) is 20.1. The molecule has 0 saturated carbocycles. The second-order valence-electron chi connectivity index (χ2n) is 5.74. The minimum atomic E-state index is 0.576. The van der Waals surface area contributed by atoms with Gasteiger partial charge in [-0.25, -0.2) is 9.50 Å². The monoisotopic (exact) mass is 323 g/mol. The molecule has 1 unspecified atom stereocenters. The maximum absolute atomic E-state index is 5.50. The van der Waals surface area contributed by atoms with E-state index in [9.17, 15) is 0 Å². The van der Waals surface area contributed by atoms with Gasteiger partial charge in [0.1, 0.15) is 0 Å². The summed E-state index contributed by atoms with van der Waals surface area (Å²) in [7, 11) is 0. The van der Waals surface area contributed by atoms with Gasteiger partial charge >= 0.3 is 0 Å². The maximum Gasteiger partial charge on any atom is 0.214 e. The van der Waals surface area contributed by atoms with E-state index >= 15 is 0 Å². The molecule has 0 aromatic carbocycles. The van der Waals surface area contributed by atoms with Crippen LogP contribution in [0, 0.1) is 6.92 Å². The Morgan fingerprint density at radius 1 is 1.36 bits per heavy atom. The van der Waals surface area contributed by atoms with Crippen molar-refractivity contribution in [1.29, 1.82) is 0 Å². The van der Waals surface area contributed by atoms with Crippen LogP contribution < -0.4 is 4.90 Å². The fourth-order valence-corrected chi connectivity index (χ4v) is 3.96. The molecule has 1 aliphatic rings. The lowest BCUT2D eigenvalue weighted by molar-refractivity contribution is 0.0870. The lowest BCUT2D eigenvalue weighted by Gasteiger charge is -2.40.